The number of halogens is 2. The molecule has 1 aromatic carbocycles. The average Bonchev–Trinajstić information content (AvgIpc) is 3.08. The minimum atomic E-state index is -0.244. The van der Waals surface area contributed by atoms with Crippen LogP contribution < -0.4 is 10.6 Å². The number of hydrogen-bond donors (Lipinski definition) is 2. The Morgan fingerprint density at radius 2 is 1.94 bits per heavy atom. The fourth-order valence-electron chi connectivity index (χ4n) is 1.95. The fourth-order valence-corrected chi connectivity index (χ4v) is 1.95. The summed E-state index contributed by atoms with van der Waals surface area (Å²) >= 11 is 0. The molecule has 1 saturated carbocycles. The van der Waals surface area contributed by atoms with E-state index in [9.17, 15) is 9.18 Å². The first-order valence-corrected chi connectivity index (χ1v) is 5.88. The van der Waals surface area contributed by atoms with Crippen molar-refractivity contribution in [3.8, 4) is 0 Å². The second-order valence-corrected chi connectivity index (χ2v) is 4.49. The molecule has 3 nitrogen and oxygen atoms in total. The Bertz CT molecular complexity index is 404. The van der Waals surface area contributed by atoms with E-state index in [2.05, 4.69) is 10.6 Å². The maximum atomic E-state index is 12.8. The average molecular weight is 273 g/mol. The summed E-state index contributed by atoms with van der Waals surface area (Å²) in [5.41, 5.74) is 0.759. The number of rotatable bonds is 5. The molecule has 18 heavy (non-hydrogen) atoms. The van der Waals surface area contributed by atoms with E-state index in [1.54, 1.807) is 12.1 Å². The molecule has 1 fully saturated rings. The summed E-state index contributed by atoms with van der Waals surface area (Å²) in [7, 11) is 1.82. The lowest BCUT2D eigenvalue weighted by atomic mass is 10.0. The van der Waals surface area contributed by atoms with Gasteiger partial charge in [0.25, 0.3) is 0 Å². The lowest BCUT2D eigenvalue weighted by Crippen LogP contribution is -2.36. The maximum Gasteiger partial charge on any atom is 0.221 e. The quantitative estimate of drug-likeness (QED) is 0.860. The minimum absolute atomic E-state index is 0. The van der Waals surface area contributed by atoms with Gasteiger partial charge in [-0.2, -0.15) is 0 Å². The van der Waals surface area contributed by atoms with E-state index >= 15 is 0 Å². The van der Waals surface area contributed by atoms with Gasteiger partial charge in [-0.25, -0.2) is 4.39 Å². The van der Waals surface area contributed by atoms with Crippen LogP contribution in [0.1, 0.15) is 24.8 Å². The number of carbonyl (C=O) groups excluding carboxylic acids is 1. The highest BCUT2D eigenvalue weighted by molar-refractivity contribution is 5.85. The summed E-state index contributed by atoms with van der Waals surface area (Å²) in [6.45, 7) is 0.672. The molecule has 5 heteroatoms. The first-order valence-electron chi connectivity index (χ1n) is 5.88. The van der Waals surface area contributed by atoms with Crippen LogP contribution in [0.15, 0.2) is 24.3 Å². The molecule has 2 rings (SSSR count). The number of nitrogens with one attached hydrogen (secondary N) is 2. The van der Waals surface area contributed by atoms with Crippen LogP contribution in [0.4, 0.5) is 4.39 Å². The van der Waals surface area contributed by atoms with Gasteiger partial charge in [0.2, 0.25) is 5.91 Å². The zero-order chi connectivity index (χ0) is 12.3. The first kappa shape index (κ1) is 14.9. The van der Waals surface area contributed by atoms with E-state index in [1.165, 1.54) is 12.1 Å². The predicted octanol–water partition coefficient (Wildman–Crippen LogP) is 1.96. The van der Waals surface area contributed by atoms with Gasteiger partial charge in [-0.05, 0) is 37.6 Å². The Labute approximate surface area is 113 Å². The summed E-state index contributed by atoms with van der Waals surface area (Å²) < 4.78 is 12.8. The Hall–Kier alpha value is -1.13. The molecule has 1 aromatic rings. The molecular weight excluding hydrogens is 255 g/mol. The standard InChI is InChI=1S/C13H17FN2O.ClH/c1-15-9-6-12(17)16-13(7-8-13)10-2-4-11(14)5-3-10;/h2-5,15H,6-9H2,1H3,(H,16,17);1H. The maximum absolute atomic E-state index is 12.8. The molecule has 0 heterocycles. The molecule has 2 N–H and O–H groups in total. The highest BCUT2D eigenvalue weighted by Crippen LogP contribution is 2.45. The molecule has 1 amide bonds. The SMILES string of the molecule is CNCCC(=O)NC1(c2ccc(F)cc2)CC1.Cl. The van der Waals surface area contributed by atoms with Crippen LogP contribution in [-0.2, 0) is 10.3 Å². The molecule has 100 valence electrons. The van der Waals surface area contributed by atoms with Gasteiger partial charge < -0.3 is 10.6 Å². The number of amides is 1. The second kappa shape index (κ2) is 6.16. The first-order chi connectivity index (χ1) is 8.16. The van der Waals surface area contributed by atoms with Gasteiger partial charge in [0, 0.05) is 13.0 Å². The second-order valence-electron chi connectivity index (χ2n) is 4.49. The van der Waals surface area contributed by atoms with Crippen molar-refractivity contribution in [2.45, 2.75) is 24.8 Å². The van der Waals surface area contributed by atoms with Crippen molar-refractivity contribution in [2.75, 3.05) is 13.6 Å². The van der Waals surface area contributed by atoms with E-state index in [0.29, 0.717) is 13.0 Å². The molecule has 1 aliphatic rings. The zero-order valence-corrected chi connectivity index (χ0v) is 11.1. The molecule has 0 saturated heterocycles. The largest absolute Gasteiger partial charge is 0.347 e. The van der Waals surface area contributed by atoms with Crippen molar-refractivity contribution in [1.29, 1.82) is 0 Å². The van der Waals surface area contributed by atoms with E-state index in [-0.39, 0.29) is 29.7 Å². The Morgan fingerprint density at radius 1 is 1.33 bits per heavy atom. The summed E-state index contributed by atoms with van der Waals surface area (Å²) in [5.74, 6) is -0.202. The molecule has 0 aromatic heterocycles. The highest BCUT2D eigenvalue weighted by Gasteiger charge is 2.45. The van der Waals surface area contributed by atoms with Crippen LogP contribution in [-0.4, -0.2) is 19.5 Å². The van der Waals surface area contributed by atoms with Crippen molar-refractivity contribution in [1.82, 2.24) is 10.6 Å². The van der Waals surface area contributed by atoms with Gasteiger partial charge in [-0.1, -0.05) is 12.1 Å². The molecule has 0 radical (unpaired) electrons. The third-order valence-corrected chi connectivity index (χ3v) is 3.13. The van der Waals surface area contributed by atoms with Gasteiger partial charge in [0.15, 0.2) is 0 Å². The third kappa shape index (κ3) is 3.43. The van der Waals surface area contributed by atoms with Crippen LogP contribution in [0, 0.1) is 5.82 Å². The molecule has 0 aliphatic heterocycles. The monoisotopic (exact) mass is 272 g/mol. The fraction of sp³-hybridized carbons (Fsp3) is 0.462. The summed E-state index contributed by atoms with van der Waals surface area (Å²) in [6.07, 6.45) is 2.34. The van der Waals surface area contributed by atoms with Crippen molar-refractivity contribution < 1.29 is 9.18 Å². The Kier molecular flexibility index (Phi) is 5.11. The van der Waals surface area contributed by atoms with Crippen molar-refractivity contribution in [2.24, 2.45) is 0 Å². The summed E-state index contributed by atoms with van der Waals surface area (Å²) in [6, 6.07) is 6.38. The van der Waals surface area contributed by atoms with Crippen molar-refractivity contribution >= 4 is 18.3 Å². The van der Waals surface area contributed by atoms with Crippen LogP contribution >= 0.6 is 12.4 Å². The topological polar surface area (TPSA) is 41.1 Å². The molecule has 0 spiro atoms. The van der Waals surface area contributed by atoms with Crippen LogP contribution in [0.3, 0.4) is 0 Å². The molecule has 1 aliphatic carbocycles. The van der Waals surface area contributed by atoms with Gasteiger partial charge in [0.1, 0.15) is 5.82 Å². The third-order valence-electron chi connectivity index (χ3n) is 3.13. The Morgan fingerprint density at radius 3 is 2.44 bits per heavy atom. The van der Waals surface area contributed by atoms with E-state index in [1.807, 2.05) is 7.05 Å². The van der Waals surface area contributed by atoms with Crippen LogP contribution in [0.25, 0.3) is 0 Å². The van der Waals surface area contributed by atoms with Crippen molar-refractivity contribution in [3.63, 3.8) is 0 Å². The van der Waals surface area contributed by atoms with Gasteiger partial charge >= 0.3 is 0 Å². The molecule has 0 bridgehead atoms. The number of hydrogen-bond acceptors (Lipinski definition) is 2. The molecular formula is C13H18ClFN2O. The number of carbonyl (C=O) groups is 1. The van der Waals surface area contributed by atoms with E-state index < -0.39 is 0 Å². The number of benzene rings is 1. The smallest absolute Gasteiger partial charge is 0.221 e. The lowest BCUT2D eigenvalue weighted by molar-refractivity contribution is -0.122. The van der Waals surface area contributed by atoms with E-state index in [0.717, 1.165) is 18.4 Å². The van der Waals surface area contributed by atoms with Crippen LogP contribution in [0.5, 0.6) is 0 Å². The summed E-state index contributed by atoms with van der Waals surface area (Å²) in [4.78, 5) is 11.7. The summed E-state index contributed by atoms with van der Waals surface area (Å²) in [5, 5.41) is 5.98. The van der Waals surface area contributed by atoms with Gasteiger partial charge in [-0.3, -0.25) is 4.79 Å². The van der Waals surface area contributed by atoms with Crippen molar-refractivity contribution in [3.05, 3.63) is 35.6 Å². The minimum Gasteiger partial charge on any atom is -0.347 e. The predicted molar refractivity (Wildman–Crippen MR) is 71.2 cm³/mol. The van der Waals surface area contributed by atoms with Gasteiger partial charge in [0.05, 0.1) is 5.54 Å². The van der Waals surface area contributed by atoms with E-state index in [4.69, 9.17) is 0 Å². The Balaban J connectivity index is 0.00000162. The lowest BCUT2D eigenvalue weighted by Gasteiger charge is -2.18. The van der Waals surface area contributed by atoms with Crippen LogP contribution in [0.2, 0.25) is 0 Å². The van der Waals surface area contributed by atoms with Gasteiger partial charge in [-0.15, -0.1) is 12.4 Å². The normalized spacial score (nSPS) is 15.7. The highest BCUT2D eigenvalue weighted by atomic mass is 35.5. The zero-order valence-electron chi connectivity index (χ0n) is 10.3. The molecule has 0 atom stereocenters. The molecule has 0 unspecified atom stereocenters.